The van der Waals surface area contributed by atoms with E-state index in [-0.39, 0.29) is 22.9 Å². The highest BCUT2D eigenvalue weighted by Crippen LogP contribution is 2.23. The van der Waals surface area contributed by atoms with Gasteiger partial charge in [0.1, 0.15) is 11.6 Å². The van der Waals surface area contributed by atoms with E-state index >= 15 is 0 Å². The Morgan fingerprint density at radius 1 is 1.15 bits per heavy atom. The molecule has 0 fully saturated rings. The van der Waals surface area contributed by atoms with E-state index < -0.39 is 23.8 Å². The van der Waals surface area contributed by atoms with Gasteiger partial charge in [0.15, 0.2) is 6.10 Å². The summed E-state index contributed by atoms with van der Waals surface area (Å²) < 4.78 is 30.9. The molecule has 0 aliphatic heterocycles. The highest BCUT2D eigenvalue weighted by molar-refractivity contribution is 7.99. The number of thioether (sulfide) groups is 1. The summed E-state index contributed by atoms with van der Waals surface area (Å²) >= 11 is 7.21. The molecule has 0 spiro atoms. The molecule has 2 aromatic rings. The number of halogens is 3. The summed E-state index contributed by atoms with van der Waals surface area (Å²) in [5, 5.41) is 2.52. The number of amides is 1. The van der Waals surface area contributed by atoms with Gasteiger partial charge in [-0.05, 0) is 49.4 Å². The Balaban J connectivity index is 1.76. The molecule has 0 heterocycles. The van der Waals surface area contributed by atoms with Gasteiger partial charge < -0.3 is 10.1 Å². The van der Waals surface area contributed by atoms with Crippen molar-refractivity contribution in [3.8, 4) is 0 Å². The van der Waals surface area contributed by atoms with Gasteiger partial charge in [-0.2, -0.15) is 0 Å². The smallest absolute Gasteiger partial charge is 0.307 e. The molecule has 2 aromatic carbocycles. The Hall–Kier alpha value is -2.12. The van der Waals surface area contributed by atoms with Crippen molar-refractivity contribution in [1.29, 1.82) is 0 Å². The molecule has 26 heavy (non-hydrogen) atoms. The molecule has 0 bridgehead atoms. The second kappa shape index (κ2) is 9.54. The van der Waals surface area contributed by atoms with Crippen LogP contribution in [0.15, 0.2) is 47.4 Å². The van der Waals surface area contributed by atoms with Crippen LogP contribution in [-0.4, -0.2) is 23.7 Å². The maximum absolute atomic E-state index is 13.0. The summed E-state index contributed by atoms with van der Waals surface area (Å²) in [7, 11) is 0. The van der Waals surface area contributed by atoms with Crippen LogP contribution in [0.3, 0.4) is 0 Å². The van der Waals surface area contributed by atoms with Crippen molar-refractivity contribution >= 4 is 40.9 Å². The molecule has 4 nitrogen and oxygen atoms in total. The van der Waals surface area contributed by atoms with E-state index in [2.05, 4.69) is 5.32 Å². The fourth-order valence-corrected chi connectivity index (χ4v) is 2.97. The van der Waals surface area contributed by atoms with E-state index in [9.17, 15) is 18.4 Å². The first kappa shape index (κ1) is 20.2. The van der Waals surface area contributed by atoms with Crippen LogP contribution >= 0.6 is 23.4 Å². The number of benzene rings is 2. The molecule has 0 saturated carbocycles. The molecule has 0 unspecified atom stereocenters. The highest BCUT2D eigenvalue weighted by Gasteiger charge is 2.18. The van der Waals surface area contributed by atoms with Crippen LogP contribution in [0.25, 0.3) is 0 Å². The second-order valence-electron chi connectivity index (χ2n) is 5.30. The van der Waals surface area contributed by atoms with Gasteiger partial charge in [-0.25, -0.2) is 8.78 Å². The van der Waals surface area contributed by atoms with Crippen molar-refractivity contribution in [3.63, 3.8) is 0 Å². The molecular weight excluding hydrogens is 384 g/mol. The lowest BCUT2D eigenvalue weighted by molar-refractivity contribution is -0.152. The molecule has 0 saturated heterocycles. The van der Waals surface area contributed by atoms with Crippen molar-refractivity contribution in [2.24, 2.45) is 0 Å². The maximum atomic E-state index is 13.0. The largest absolute Gasteiger partial charge is 0.453 e. The van der Waals surface area contributed by atoms with Gasteiger partial charge in [-0.15, -0.1) is 11.8 Å². The van der Waals surface area contributed by atoms with Crippen LogP contribution in [0.4, 0.5) is 14.5 Å². The SMILES string of the molecule is C[C@H](OC(=O)CCSc1ccc(F)cc1)C(=O)Nc1ccc(F)cc1Cl. The standard InChI is InChI=1S/C18H16ClF2NO3S/c1-11(18(24)22-16-7-4-13(21)10-15(16)19)25-17(23)8-9-26-14-5-2-12(20)3-6-14/h2-7,10-11H,8-9H2,1H3,(H,22,24)/t11-/m0/s1. The lowest BCUT2D eigenvalue weighted by atomic mass is 10.3. The normalized spacial score (nSPS) is 11.7. The zero-order valence-electron chi connectivity index (χ0n) is 13.8. The van der Waals surface area contributed by atoms with Crippen molar-refractivity contribution in [2.75, 3.05) is 11.1 Å². The van der Waals surface area contributed by atoms with Gasteiger partial charge in [0.25, 0.3) is 5.91 Å². The molecule has 0 aromatic heterocycles. The minimum atomic E-state index is -1.03. The second-order valence-corrected chi connectivity index (χ2v) is 6.87. The Morgan fingerprint density at radius 2 is 1.81 bits per heavy atom. The maximum Gasteiger partial charge on any atom is 0.307 e. The number of hydrogen-bond acceptors (Lipinski definition) is 4. The van der Waals surface area contributed by atoms with E-state index in [4.69, 9.17) is 16.3 Å². The van der Waals surface area contributed by atoms with E-state index in [0.29, 0.717) is 5.75 Å². The van der Waals surface area contributed by atoms with Crippen molar-refractivity contribution in [2.45, 2.75) is 24.3 Å². The molecule has 0 aliphatic rings. The third kappa shape index (κ3) is 6.31. The number of esters is 1. The topological polar surface area (TPSA) is 55.4 Å². The molecule has 138 valence electrons. The zero-order chi connectivity index (χ0) is 19.1. The number of carbonyl (C=O) groups excluding carboxylic acids is 2. The first-order chi connectivity index (χ1) is 12.3. The Bertz CT molecular complexity index is 787. The van der Waals surface area contributed by atoms with E-state index in [0.717, 1.165) is 17.0 Å². The number of rotatable bonds is 7. The lowest BCUT2D eigenvalue weighted by Crippen LogP contribution is -2.30. The highest BCUT2D eigenvalue weighted by atomic mass is 35.5. The fourth-order valence-electron chi connectivity index (χ4n) is 1.92. The predicted molar refractivity (Wildman–Crippen MR) is 97.3 cm³/mol. The number of carbonyl (C=O) groups is 2. The molecule has 0 aliphatic carbocycles. The van der Waals surface area contributed by atoms with E-state index in [1.807, 2.05) is 0 Å². The number of nitrogens with one attached hydrogen (secondary N) is 1. The predicted octanol–water partition coefficient (Wildman–Crippen LogP) is 4.67. The molecule has 2 rings (SSSR count). The summed E-state index contributed by atoms with van der Waals surface area (Å²) in [6.45, 7) is 1.43. The summed E-state index contributed by atoms with van der Waals surface area (Å²) in [6.07, 6.45) is -0.934. The van der Waals surface area contributed by atoms with E-state index in [1.165, 1.54) is 36.9 Å². The number of ether oxygens (including phenoxy) is 1. The molecule has 1 N–H and O–H groups in total. The number of anilines is 1. The molecule has 8 heteroatoms. The zero-order valence-corrected chi connectivity index (χ0v) is 15.4. The van der Waals surface area contributed by atoms with Crippen molar-refractivity contribution in [3.05, 3.63) is 59.1 Å². The molecular formula is C18H16ClF2NO3S. The van der Waals surface area contributed by atoms with E-state index in [1.54, 1.807) is 12.1 Å². The summed E-state index contributed by atoms with van der Waals surface area (Å²) in [4.78, 5) is 24.7. The third-order valence-electron chi connectivity index (χ3n) is 3.26. The van der Waals surface area contributed by atoms with Crippen LogP contribution in [0.1, 0.15) is 13.3 Å². The minimum Gasteiger partial charge on any atom is -0.453 e. The van der Waals surface area contributed by atoms with Crippen molar-refractivity contribution < 1.29 is 23.1 Å². The van der Waals surface area contributed by atoms with Gasteiger partial charge in [0.05, 0.1) is 17.1 Å². The minimum absolute atomic E-state index is 0.0487. The summed E-state index contributed by atoms with van der Waals surface area (Å²) in [5.74, 6) is -1.52. The average Bonchev–Trinajstić information content (AvgIpc) is 2.59. The van der Waals surface area contributed by atoms with Crippen LogP contribution in [-0.2, 0) is 14.3 Å². The van der Waals surface area contributed by atoms with Crippen LogP contribution in [0.5, 0.6) is 0 Å². The number of hydrogen-bond donors (Lipinski definition) is 1. The average molecular weight is 400 g/mol. The summed E-state index contributed by atoms with van der Waals surface area (Å²) in [5.41, 5.74) is 0.229. The Kier molecular flexibility index (Phi) is 7.41. The lowest BCUT2D eigenvalue weighted by Gasteiger charge is -2.14. The monoisotopic (exact) mass is 399 g/mol. The first-order valence-corrected chi connectivity index (χ1v) is 9.05. The van der Waals surface area contributed by atoms with Gasteiger partial charge in [-0.3, -0.25) is 9.59 Å². The third-order valence-corrected chi connectivity index (χ3v) is 4.58. The van der Waals surface area contributed by atoms with Gasteiger partial charge in [0, 0.05) is 10.6 Å². The Morgan fingerprint density at radius 3 is 2.46 bits per heavy atom. The summed E-state index contributed by atoms with van der Waals surface area (Å²) in [6, 6.07) is 9.47. The first-order valence-electron chi connectivity index (χ1n) is 7.69. The van der Waals surface area contributed by atoms with Gasteiger partial charge >= 0.3 is 5.97 Å². The van der Waals surface area contributed by atoms with Crippen molar-refractivity contribution in [1.82, 2.24) is 0 Å². The van der Waals surface area contributed by atoms with Gasteiger partial charge in [0.2, 0.25) is 0 Å². The Labute approximate surface area is 158 Å². The van der Waals surface area contributed by atoms with Crippen LogP contribution < -0.4 is 5.32 Å². The molecule has 1 atom stereocenters. The van der Waals surface area contributed by atoms with Crippen LogP contribution in [0, 0.1) is 11.6 Å². The van der Waals surface area contributed by atoms with Gasteiger partial charge in [-0.1, -0.05) is 11.6 Å². The quantitative estimate of drug-likeness (QED) is 0.543. The van der Waals surface area contributed by atoms with Crippen LogP contribution in [0.2, 0.25) is 5.02 Å². The fraction of sp³-hybridized carbons (Fsp3) is 0.222. The molecule has 1 amide bonds. The molecule has 0 radical (unpaired) electrons.